The van der Waals surface area contributed by atoms with E-state index in [9.17, 15) is 4.79 Å². The summed E-state index contributed by atoms with van der Waals surface area (Å²) in [5, 5.41) is 2.88. The monoisotopic (exact) mass is 250 g/mol. The minimum absolute atomic E-state index is 0.0659. The number of carbonyl (C=O) groups excluding carboxylic acids is 1. The SMILES string of the molecule is CC(C)(C)CNC(=O)c1cccc(C(N)=S)c1. The fourth-order valence-corrected chi connectivity index (χ4v) is 1.39. The first-order valence-corrected chi connectivity index (χ1v) is 5.88. The van der Waals surface area contributed by atoms with Gasteiger partial charge in [-0.15, -0.1) is 0 Å². The molecule has 1 aromatic carbocycles. The third kappa shape index (κ3) is 4.53. The van der Waals surface area contributed by atoms with Crippen LogP contribution in [0.3, 0.4) is 0 Å². The third-order valence-corrected chi connectivity index (χ3v) is 2.42. The lowest BCUT2D eigenvalue weighted by Gasteiger charge is -2.18. The van der Waals surface area contributed by atoms with E-state index in [1.54, 1.807) is 24.3 Å². The molecule has 0 unspecified atom stereocenters. The Hall–Kier alpha value is -1.42. The summed E-state index contributed by atoms with van der Waals surface area (Å²) < 4.78 is 0. The second-order valence-corrected chi connectivity index (χ2v) is 5.63. The first-order valence-electron chi connectivity index (χ1n) is 5.48. The van der Waals surface area contributed by atoms with Gasteiger partial charge in [0, 0.05) is 17.7 Å². The van der Waals surface area contributed by atoms with E-state index in [0.29, 0.717) is 22.7 Å². The van der Waals surface area contributed by atoms with E-state index in [2.05, 4.69) is 26.1 Å². The minimum atomic E-state index is -0.0991. The Labute approximate surface area is 107 Å². The standard InChI is InChI=1S/C13H18N2OS/c1-13(2,3)8-15-12(16)10-6-4-5-9(7-10)11(14)17/h4-7H,8H2,1-3H3,(H2,14,17)(H,15,16). The van der Waals surface area contributed by atoms with Crippen LogP contribution in [0.25, 0.3) is 0 Å². The first kappa shape index (κ1) is 13.6. The second kappa shape index (κ2) is 5.27. The third-order valence-electron chi connectivity index (χ3n) is 2.19. The van der Waals surface area contributed by atoms with E-state index in [1.165, 1.54) is 0 Å². The van der Waals surface area contributed by atoms with E-state index in [4.69, 9.17) is 18.0 Å². The van der Waals surface area contributed by atoms with E-state index in [0.717, 1.165) is 0 Å². The van der Waals surface area contributed by atoms with Crippen LogP contribution in [0.5, 0.6) is 0 Å². The summed E-state index contributed by atoms with van der Waals surface area (Å²) in [5.41, 5.74) is 6.89. The average molecular weight is 250 g/mol. The van der Waals surface area contributed by atoms with Crippen molar-refractivity contribution in [3.05, 3.63) is 35.4 Å². The highest BCUT2D eigenvalue weighted by atomic mass is 32.1. The van der Waals surface area contributed by atoms with Crippen LogP contribution in [0.2, 0.25) is 0 Å². The zero-order valence-corrected chi connectivity index (χ0v) is 11.2. The molecular formula is C13H18N2OS. The van der Waals surface area contributed by atoms with Crippen molar-refractivity contribution in [3.63, 3.8) is 0 Å². The highest BCUT2D eigenvalue weighted by Gasteiger charge is 2.13. The van der Waals surface area contributed by atoms with E-state index >= 15 is 0 Å². The molecular weight excluding hydrogens is 232 g/mol. The van der Waals surface area contributed by atoms with Crippen LogP contribution in [0, 0.1) is 5.41 Å². The number of hydrogen-bond donors (Lipinski definition) is 2. The van der Waals surface area contributed by atoms with Crippen LogP contribution >= 0.6 is 12.2 Å². The van der Waals surface area contributed by atoms with Gasteiger partial charge in [0.15, 0.2) is 0 Å². The molecule has 0 aliphatic carbocycles. The highest BCUT2D eigenvalue weighted by Crippen LogP contribution is 2.11. The van der Waals surface area contributed by atoms with E-state index in [-0.39, 0.29) is 11.3 Å². The van der Waals surface area contributed by atoms with Crippen molar-refractivity contribution >= 4 is 23.1 Å². The molecule has 0 bridgehead atoms. The lowest BCUT2D eigenvalue weighted by Crippen LogP contribution is -2.32. The van der Waals surface area contributed by atoms with E-state index < -0.39 is 0 Å². The highest BCUT2D eigenvalue weighted by molar-refractivity contribution is 7.80. The number of rotatable bonds is 3. The Morgan fingerprint density at radius 3 is 2.47 bits per heavy atom. The van der Waals surface area contributed by atoms with Crippen LogP contribution < -0.4 is 11.1 Å². The normalized spacial score (nSPS) is 11.0. The van der Waals surface area contributed by atoms with Gasteiger partial charge in [-0.05, 0) is 17.5 Å². The first-order chi connectivity index (χ1) is 7.79. The predicted molar refractivity (Wildman–Crippen MR) is 74.1 cm³/mol. The number of benzene rings is 1. The van der Waals surface area contributed by atoms with Gasteiger partial charge in [0.2, 0.25) is 0 Å². The zero-order valence-electron chi connectivity index (χ0n) is 10.4. The number of hydrogen-bond acceptors (Lipinski definition) is 2. The summed E-state index contributed by atoms with van der Waals surface area (Å²) in [6.45, 7) is 6.83. The molecule has 0 saturated heterocycles. The van der Waals surface area contributed by atoms with Crippen LogP contribution in [-0.4, -0.2) is 17.4 Å². The maximum atomic E-state index is 11.9. The van der Waals surface area contributed by atoms with Crippen molar-refractivity contribution in [3.8, 4) is 0 Å². The Bertz CT molecular complexity index is 435. The predicted octanol–water partition coefficient (Wildman–Crippen LogP) is 2.10. The largest absolute Gasteiger partial charge is 0.389 e. The van der Waals surface area contributed by atoms with E-state index in [1.807, 2.05) is 0 Å². The van der Waals surface area contributed by atoms with Gasteiger partial charge in [-0.2, -0.15) is 0 Å². The van der Waals surface area contributed by atoms with Crippen molar-refractivity contribution in [2.45, 2.75) is 20.8 Å². The van der Waals surface area contributed by atoms with Gasteiger partial charge in [0.05, 0.1) is 0 Å². The van der Waals surface area contributed by atoms with Crippen molar-refractivity contribution in [2.24, 2.45) is 11.1 Å². The van der Waals surface area contributed by atoms with Gasteiger partial charge in [-0.3, -0.25) is 4.79 Å². The Balaban J connectivity index is 2.76. The van der Waals surface area contributed by atoms with Gasteiger partial charge in [0.25, 0.3) is 5.91 Å². The molecule has 17 heavy (non-hydrogen) atoms. The maximum absolute atomic E-state index is 11.9. The maximum Gasteiger partial charge on any atom is 0.251 e. The zero-order chi connectivity index (χ0) is 13.1. The molecule has 3 N–H and O–H groups in total. The summed E-state index contributed by atoms with van der Waals surface area (Å²) >= 11 is 4.88. The Kier molecular flexibility index (Phi) is 4.23. The number of nitrogens with two attached hydrogens (primary N) is 1. The summed E-state index contributed by atoms with van der Waals surface area (Å²) in [7, 11) is 0. The van der Waals surface area contributed by atoms with Gasteiger partial charge in [0.1, 0.15) is 4.99 Å². The number of amides is 1. The molecule has 0 heterocycles. The topological polar surface area (TPSA) is 55.1 Å². The molecule has 92 valence electrons. The number of carbonyl (C=O) groups is 1. The summed E-state index contributed by atoms with van der Waals surface area (Å²) in [6, 6.07) is 7.03. The van der Waals surface area contributed by atoms with Crippen LogP contribution in [0.1, 0.15) is 36.7 Å². The van der Waals surface area contributed by atoms with Crippen molar-refractivity contribution < 1.29 is 4.79 Å². The molecule has 0 aliphatic rings. The quantitative estimate of drug-likeness (QED) is 0.808. The number of nitrogens with one attached hydrogen (secondary N) is 1. The van der Waals surface area contributed by atoms with Gasteiger partial charge in [-0.25, -0.2) is 0 Å². The minimum Gasteiger partial charge on any atom is -0.389 e. The average Bonchev–Trinajstić information content (AvgIpc) is 2.25. The second-order valence-electron chi connectivity index (χ2n) is 5.19. The van der Waals surface area contributed by atoms with Crippen LogP contribution in [-0.2, 0) is 0 Å². The molecule has 1 rings (SSSR count). The van der Waals surface area contributed by atoms with Gasteiger partial charge in [-0.1, -0.05) is 45.1 Å². The molecule has 0 radical (unpaired) electrons. The van der Waals surface area contributed by atoms with Gasteiger partial charge >= 0.3 is 0 Å². The fraction of sp³-hybridized carbons (Fsp3) is 0.385. The molecule has 4 heteroatoms. The van der Waals surface area contributed by atoms with Crippen LogP contribution in [0.15, 0.2) is 24.3 Å². The van der Waals surface area contributed by atoms with Crippen molar-refractivity contribution in [1.82, 2.24) is 5.32 Å². The molecule has 0 aromatic heterocycles. The van der Waals surface area contributed by atoms with Crippen molar-refractivity contribution in [1.29, 1.82) is 0 Å². The summed E-state index contributed by atoms with van der Waals surface area (Å²) in [6.07, 6.45) is 0. The summed E-state index contributed by atoms with van der Waals surface area (Å²) in [4.78, 5) is 12.2. The Morgan fingerprint density at radius 2 is 1.94 bits per heavy atom. The molecule has 0 aliphatic heterocycles. The lowest BCUT2D eigenvalue weighted by molar-refractivity contribution is 0.0939. The number of thiocarbonyl (C=S) groups is 1. The molecule has 1 aromatic rings. The fourth-order valence-electron chi connectivity index (χ4n) is 1.26. The molecule has 3 nitrogen and oxygen atoms in total. The van der Waals surface area contributed by atoms with Gasteiger partial charge < -0.3 is 11.1 Å². The molecule has 0 spiro atoms. The molecule has 0 saturated carbocycles. The lowest BCUT2D eigenvalue weighted by atomic mass is 9.97. The molecule has 0 fully saturated rings. The smallest absolute Gasteiger partial charge is 0.251 e. The molecule has 1 amide bonds. The van der Waals surface area contributed by atoms with Crippen LogP contribution in [0.4, 0.5) is 0 Å². The Morgan fingerprint density at radius 1 is 1.35 bits per heavy atom. The molecule has 0 atom stereocenters. The van der Waals surface area contributed by atoms with Crippen molar-refractivity contribution in [2.75, 3.05) is 6.54 Å². The summed E-state index contributed by atoms with van der Waals surface area (Å²) in [5.74, 6) is -0.0991.